The highest BCUT2D eigenvalue weighted by atomic mass is 16.4. The molecule has 1 amide bonds. The fourth-order valence-corrected chi connectivity index (χ4v) is 3.52. The van der Waals surface area contributed by atoms with Gasteiger partial charge in [0.15, 0.2) is 6.04 Å². The van der Waals surface area contributed by atoms with E-state index < -0.39 is 24.3 Å². The first-order chi connectivity index (χ1) is 14.0. The first kappa shape index (κ1) is 21.8. The summed E-state index contributed by atoms with van der Waals surface area (Å²) in [6, 6.07) is 6.23. The second kappa shape index (κ2) is 10.7. The number of aliphatic carboxylic acids is 1. The van der Waals surface area contributed by atoms with Crippen molar-refractivity contribution in [2.75, 3.05) is 5.12 Å². The number of carbonyl (C=O) groups excluding carboxylic acids is 3. The monoisotopic (exact) mass is 398 g/mol. The molecule has 1 fully saturated rings. The molecule has 0 bridgehead atoms. The van der Waals surface area contributed by atoms with Crippen LogP contribution in [0, 0.1) is 17.2 Å². The van der Waals surface area contributed by atoms with Crippen molar-refractivity contribution in [2.24, 2.45) is 11.0 Å². The molecular weight excluding hydrogens is 376 g/mol. The third-order valence-corrected chi connectivity index (χ3v) is 4.94. The second-order valence-corrected chi connectivity index (χ2v) is 6.83. The summed E-state index contributed by atoms with van der Waals surface area (Å²) < 4.78 is 0. The molecule has 0 saturated heterocycles. The Morgan fingerprint density at radius 3 is 2.66 bits per heavy atom. The summed E-state index contributed by atoms with van der Waals surface area (Å²) in [5, 5.41) is 23.8. The van der Waals surface area contributed by atoms with Crippen LogP contribution in [0.15, 0.2) is 29.4 Å². The van der Waals surface area contributed by atoms with Crippen LogP contribution in [0.3, 0.4) is 0 Å². The van der Waals surface area contributed by atoms with Gasteiger partial charge in [0.2, 0.25) is 5.91 Å². The molecule has 2 rings (SSSR count). The van der Waals surface area contributed by atoms with Crippen molar-refractivity contribution in [1.29, 1.82) is 5.26 Å². The molecule has 152 valence electrons. The van der Waals surface area contributed by atoms with E-state index in [-0.39, 0.29) is 17.7 Å². The van der Waals surface area contributed by atoms with Crippen LogP contribution in [0.2, 0.25) is 0 Å². The van der Waals surface area contributed by atoms with Gasteiger partial charge in [-0.3, -0.25) is 4.79 Å². The van der Waals surface area contributed by atoms with Crippen molar-refractivity contribution in [3.63, 3.8) is 0 Å². The average Bonchev–Trinajstić information content (AvgIpc) is 3.24. The van der Waals surface area contributed by atoms with Gasteiger partial charge in [-0.2, -0.15) is 10.4 Å². The number of rotatable bonds is 10. The lowest BCUT2D eigenvalue weighted by atomic mass is 10.0. The predicted molar refractivity (Wildman–Crippen MR) is 102 cm³/mol. The molecular formula is C20H22N4O5. The van der Waals surface area contributed by atoms with E-state index in [9.17, 15) is 24.3 Å². The van der Waals surface area contributed by atoms with Crippen LogP contribution in [0.4, 0.5) is 5.69 Å². The number of nitrogens with zero attached hydrogens (tertiary/aromatic N) is 4. The summed E-state index contributed by atoms with van der Waals surface area (Å²) in [6.07, 6.45) is 6.11. The van der Waals surface area contributed by atoms with Crippen LogP contribution < -0.4 is 5.12 Å². The van der Waals surface area contributed by atoms with Crippen molar-refractivity contribution >= 4 is 29.9 Å². The van der Waals surface area contributed by atoms with Gasteiger partial charge in [-0.05, 0) is 30.5 Å². The Morgan fingerprint density at radius 1 is 1.34 bits per heavy atom. The first-order valence-corrected chi connectivity index (χ1v) is 9.38. The van der Waals surface area contributed by atoms with Gasteiger partial charge in [-0.25, -0.2) is 14.6 Å². The van der Waals surface area contributed by atoms with Crippen molar-refractivity contribution in [3.8, 4) is 6.07 Å². The van der Waals surface area contributed by atoms with Gasteiger partial charge in [0.05, 0.1) is 17.3 Å². The normalized spacial score (nSPS) is 14.3. The Balaban J connectivity index is 2.41. The molecule has 29 heavy (non-hydrogen) atoms. The molecule has 0 aliphatic heterocycles. The number of carboxylic acids is 1. The standard InChI is InChI=1S/C20H22N4O5/c21-13-16-6-3-7-17(12-16)24(22-14-26)23(18(10-11-25)20(28)29)19(27)9-8-15-4-1-2-5-15/h3,6-7,11-12,15,18H,1-2,4-5,8-10H2,(H,28,29)/t18-/m0/s1. The number of isocyanates is 1. The Morgan fingerprint density at radius 2 is 2.07 bits per heavy atom. The Hall–Kier alpha value is -3.50. The van der Waals surface area contributed by atoms with Gasteiger partial charge in [-0.1, -0.05) is 36.9 Å². The zero-order chi connectivity index (χ0) is 21.2. The molecule has 1 N–H and O–H groups in total. The van der Waals surface area contributed by atoms with E-state index in [1.165, 1.54) is 30.3 Å². The van der Waals surface area contributed by atoms with Gasteiger partial charge >= 0.3 is 5.97 Å². The molecule has 0 aromatic heterocycles. The smallest absolute Gasteiger partial charge is 0.329 e. The van der Waals surface area contributed by atoms with Crippen LogP contribution in [0.25, 0.3) is 0 Å². The average molecular weight is 398 g/mol. The Labute approximate surface area is 168 Å². The number of hydrogen-bond acceptors (Lipinski definition) is 7. The number of anilines is 1. The lowest BCUT2D eigenvalue weighted by Crippen LogP contribution is -2.53. The molecule has 1 aromatic rings. The zero-order valence-electron chi connectivity index (χ0n) is 15.9. The number of carbonyl (C=O) groups is 3. The first-order valence-electron chi connectivity index (χ1n) is 9.38. The second-order valence-electron chi connectivity index (χ2n) is 6.83. The molecule has 0 spiro atoms. The summed E-state index contributed by atoms with van der Waals surface area (Å²) in [5.41, 5.74) is 0.369. The quantitative estimate of drug-likeness (QED) is 0.277. The highest BCUT2D eigenvalue weighted by molar-refractivity contribution is 5.86. The van der Waals surface area contributed by atoms with Gasteiger partial charge < -0.3 is 9.90 Å². The third kappa shape index (κ3) is 5.74. The van der Waals surface area contributed by atoms with Crippen LogP contribution in [0.5, 0.6) is 0 Å². The lowest BCUT2D eigenvalue weighted by molar-refractivity contribution is -0.152. The van der Waals surface area contributed by atoms with E-state index in [4.69, 9.17) is 5.26 Å². The van der Waals surface area contributed by atoms with Gasteiger partial charge in [-0.15, -0.1) is 0 Å². The van der Waals surface area contributed by atoms with E-state index >= 15 is 0 Å². The Kier molecular flexibility index (Phi) is 8.07. The van der Waals surface area contributed by atoms with Crippen LogP contribution in [0.1, 0.15) is 50.5 Å². The number of benzene rings is 1. The Bertz CT molecular complexity index is 838. The number of hydrazone groups is 1. The lowest BCUT2D eigenvalue weighted by Gasteiger charge is -2.35. The molecule has 1 atom stereocenters. The number of nitriles is 1. The molecule has 1 aliphatic rings. The van der Waals surface area contributed by atoms with E-state index in [2.05, 4.69) is 5.10 Å². The van der Waals surface area contributed by atoms with Crippen molar-refractivity contribution in [2.45, 2.75) is 51.0 Å². The van der Waals surface area contributed by atoms with Gasteiger partial charge in [0.1, 0.15) is 6.29 Å². The molecule has 1 aliphatic carbocycles. The number of aldehydes is 1. The maximum atomic E-state index is 13.0. The van der Waals surface area contributed by atoms with Gasteiger partial charge in [0.25, 0.3) is 6.08 Å². The van der Waals surface area contributed by atoms with Crippen molar-refractivity contribution < 1.29 is 24.3 Å². The topological polar surface area (TPSA) is 131 Å². The predicted octanol–water partition coefficient (Wildman–Crippen LogP) is 2.37. The highest BCUT2D eigenvalue weighted by Crippen LogP contribution is 2.30. The minimum Gasteiger partial charge on any atom is -0.480 e. The van der Waals surface area contributed by atoms with E-state index in [1.807, 2.05) is 6.07 Å². The van der Waals surface area contributed by atoms with Crippen LogP contribution >= 0.6 is 0 Å². The SMILES string of the molecule is N#Cc1cccc(N(N=C=O)N(C(=O)CCC2CCCC2)[C@@H](CC=O)C(=O)O)c1. The number of hydrogen-bond donors (Lipinski definition) is 1. The minimum atomic E-state index is -1.55. The molecule has 9 heteroatoms. The minimum absolute atomic E-state index is 0.0517. The maximum Gasteiger partial charge on any atom is 0.329 e. The molecule has 1 aromatic carbocycles. The molecule has 0 unspecified atom stereocenters. The zero-order valence-corrected chi connectivity index (χ0v) is 15.9. The molecule has 0 radical (unpaired) electrons. The summed E-state index contributed by atoms with van der Waals surface area (Å²) >= 11 is 0. The maximum absolute atomic E-state index is 13.0. The van der Waals surface area contributed by atoms with Crippen molar-refractivity contribution in [1.82, 2.24) is 5.01 Å². The number of amides is 1. The summed E-state index contributed by atoms with van der Waals surface area (Å²) in [5.74, 6) is -1.60. The van der Waals surface area contributed by atoms with Crippen LogP contribution in [-0.2, 0) is 19.2 Å². The fourth-order valence-electron chi connectivity index (χ4n) is 3.52. The fraction of sp³-hybridized carbons (Fsp3) is 0.450. The van der Waals surface area contributed by atoms with E-state index in [0.29, 0.717) is 18.6 Å². The third-order valence-electron chi connectivity index (χ3n) is 4.94. The summed E-state index contributed by atoms with van der Waals surface area (Å²) in [4.78, 5) is 46.9. The largest absolute Gasteiger partial charge is 0.480 e. The summed E-state index contributed by atoms with van der Waals surface area (Å²) in [6.45, 7) is 0. The summed E-state index contributed by atoms with van der Waals surface area (Å²) in [7, 11) is 0. The van der Waals surface area contributed by atoms with E-state index in [1.54, 1.807) is 0 Å². The van der Waals surface area contributed by atoms with Crippen LogP contribution in [-0.4, -0.2) is 40.4 Å². The van der Waals surface area contributed by atoms with Crippen molar-refractivity contribution in [3.05, 3.63) is 29.8 Å². The van der Waals surface area contributed by atoms with Gasteiger partial charge in [0, 0.05) is 12.8 Å². The molecule has 1 saturated carbocycles. The highest BCUT2D eigenvalue weighted by Gasteiger charge is 2.35. The molecule has 9 nitrogen and oxygen atoms in total. The van der Waals surface area contributed by atoms with E-state index in [0.717, 1.165) is 35.8 Å². The molecule has 0 heterocycles. The number of hydrazine groups is 1. The number of carboxylic acid groups (broad SMARTS) is 1.